The molecule has 1 aromatic carbocycles. The summed E-state index contributed by atoms with van der Waals surface area (Å²) >= 11 is 5.95. The Morgan fingerprint density at radius 1 is 1.31 bits per heavy atom. The van der Waals surface area contributed by atoms with Crippen LogP contribution in [0.1, 0.15) is 36.7 Å². The van der Waals surface area contributed by atoms with Gasteiger partial charge in [-0.05, 0) is 42.5 Å². The van der Waals surface area contributed by atoms with E-state index < -0.39 is 0 Å². The predicted molar refractivity (Wildman–Crippen MR) is 103 cm³/mol. The van der Waals surface area contributed by atoms with E-state index in [-0.39, 0.29) is 12.5 Å². The summed E-state index contributed by atoms with van der Waals surface area (Å²) in [6, 6.07) is 11.3. The van der Waals surface area contributed by atoms with Gasteiger partial charge in [0.15, 0.2) is 0 Å². The number of nitriles is 1. The van der Waals surface area contributed by atoms with E-state index in [0.29, 0.717) is 28.7 Å². The number of halogens is 1. The lowest BCUT2D eigenvalue weighted by Crippen LogP contribution is -2.40. The summed E-state index contributed by atoms with van der Waals surface area (Å²) in [7, 11) is 0. The van der Waals surface area contributed by atoms with Crippen LogP contribution in [0.3, 0.4) is 0 Å². The molecular weight excluding hydrogens is 348 g/mol. The largest absolute Gasteiger partial charge is 0.397 e. The molecule has 0 radical (unpaired) electrons. The molecule has 1 aliphatic rings. The number of nitrogens with zero attached hydrogens (tertiary/aromatic N) is 3. The van der Waals surface area contributed by atoms with Gasteiger partial charge in [-0.25, -0.2) is 0 Å². The number of benzene rings is 1. The zero-order valence-electron chi connectivity index (χ0n) is 14.9. The van der Waals surface area contributed by atoms with Crippen molar-refractivity contribution in [3.05, 3.63) is 52.3 Å². The second-order valence-electron chi connectivity index (χ2n) is 7.00. The van der Waals surface area contributed by atoms with Gasteiger partial charge >= 0.3 is 0 Å². The second kappa shape index (κ2) is 7.84. The normalized spacial score (nSPS) is 15.0. The van der Waals surface area contributed by atoms with Crippen LogP contribution in [0.4, 0.5) is 5.69 Å². The lowest BCUT2D eigenvalue weighted by molar-refractivity contribution is -0.133. The minimum atomic E-state index is 0.0429. The Morgan fingerprint density at radius 3 is 2.58 bits per heavy atom. The first-order valence-electron chi connectivity index (χ1n) is 8.88. The van der Waals surface area contributed by atoms with Gasteiger partial charge in [-0.1, -0.05) is 30.7 Å². The van der Waals surface area contributed by atoms with Crippen LogP contribution >= 0.6 is 11.6 Å². The van der Waals surface area contributed by atoms with Crippen molar-refractivity contribution in [1.29, 1.82) is 5.26 Å². The SMILES string of the molecule is CC1CCN(C(=O)Cn2c(C#N)cc(N)c2Cc2ccc(Cl)cc2)CC1. The van der Waals surface area contributed by atoms with Gasteiger partial charge in [0.05, 0.1) is 5.69 Å². The van der Waals surface area contributed by atoms with Crippen molar-refractivity contribution < 1.29 is 4.79 Å². The van der Waals surface area contributed by atoms with Crippen molar-refractivity contribution in [2.45, 2.75) is 32.7 Å². The molecule has 1 aromatic heterocycles. The first kappa shape index (κ1) is 18.3. The Bertz CT molecular complexity index is 827. The number of rotatable bonds is 4. The molecule has 1 aliphatic heterocycles. The van der Waals surface area contributed by atoms with Crippen molar-refractivity contribution in [1.82, 2.24) is 9.47 Å². The minimum absolute atomic E-state index is 0.0429. The van der Waals surface area contributed by atoms with Crippen LogP contribution in [0.2, 0.25) is 5.02 Å². The molecule has 0 atom stereocenters. The van der Waals surface area contributed by atoms with E-state index in [2.05, 4.69) is 13.0 Å². The van der Waals surface area contributed by atoms with Crippen LogP contribution in [-0.4, -0.2) is 28.5 Å². The quantitative estimate of drug-likeness (QED) is 0.895. The molecule has 2 heterocycles. The summed E-state index contributed by atoms with van der Waals surface area (Å²) < 4.78 is 1.75. The number of hydrogen-bond donors (Lipinski definition) is 1. The number of amides is 1. The van der Waals surface area contributed by atoms with Gasteiger partial charge < -0.3 is 15.2 Å². The van der Waals surface area contributed by atoms with E-state index in [0.717, 1.165) is 37.2 Å². The zero-order valence-corrected chi connectivity index (χ0v) is 15.7. The first-order valence-corrected chi connectivity index (χ1v) is 9.26. The average molecular weight is 371 g/mol. The fourth-order valence-electron chi connectivity index (χ4n) is 3.37. The standard InChI is InChI=1S/C20H23ClN4O/c1-14-6-8-24(9-7-14)20(26)13-25-17(12-22)11-18(23)19(25)10-15-2-4-16(21)5-3-15/h2-5,11,14H,6-10,13,23H2,1H3. The maximum absolute atomic E-state index is 12.7. The number of aromatic nitrogens is 1. The van der Waals surface area contributed by atoms with Crippen molar-refractivity contribution >= 4 is 23.2 Å². The summed E-state index contributed by atoms with van der Waals surface area (Å²) in [6.45, 7) is 3.93. The third-order valence-electron chi connectivity index (χ3n) is 5.07. The third-order valence-corrected chi connectivity index (χ3v) is 5.32. The minimum Gasteiger partial charge on any atom is -0.397 e. The van der Waals surface area contributed by atoms with Crippen molar-refractivity contribution in [2.75, 3.05) is 18.8 Å². The van der Waals surface area contributed by atoms with E-state index in [1.165, 1.54) is 0 Å². The van der Waals surface area contributed by atoms with Crippen molar-refractivity contribution in [3.63, 3.8) is 0 Å². The number of carbonyl (C=O) groups is 1. The lowest BCUT2D eigenvalue weighted by atomic mass is 9.99. The monoisotopic (exact) mass is 370 g/mol. The van der Waals surface area contributed by atoms with Gasteiger partial charge in [0.2, 0.25) is 5.91 Å². The molecule has 3 rings (SSSR count). The number of anilines is 1. The molecule has 6 heteroatoms. The molecule has 2 N–H and O–H groups in total. The van der Waals surface area contributed by atoms with E-state index in [9.17, 15) is 10.1 Å². The molecule has 0 unspecified atom stereocenters. The summed E-state index contributed by atoms with van der Waals surface area (Å²) in [5.74, 6) is 0.706. The molecular formula is C20H23ClN4O. The van der Waals surface area contributed by atoms with Gasteiger partial charge in [0, 0.05) is 30.2 Å². The smallest absolute Gasteiger partial charge is 0.242 e. The molecule has 1 amide bonds. The molecule has 0 bridgehead atoms. The Morgan fingerprint density at radius 2 is 1.96 bits per heavy atom. The number of carbonyl (C=O) groups excluding carboxylic acids is 1. The van der Waals surface area contributed by atoms with E-state index in [1.54, 1.807) is 10.6 Å². The van der Waals surface area contributed by atoms with Crippen molar-refractivity contribution in [2.24, 2.45) is 5.92 Å². The van der Waals surface area contributed by atoms with Gasteiger partial charge in [-0.3, -0.25) is 4.79 Å². The maximum atomic E-state index is 12.7. The zero-order chi connectivity index (χ0) is 18.7. The van der Waals surface area contributed by atoms with Crippen LogP contribution in [-0.2, 0) is 17.8 Å². The van der Waals surface area contributed by atoms with Crippen LogP contribution in [0.25, 0.3) is 0 Å². The molecule has 0 saturated carbocycles. The van der Waals surface area contributed by atoms with E-state index >= 15 is 0 Å². The molecule has 136 valence electrons. The Balaban J connectivity index is 1.82. The summed E-state index contributed by atoms with van der Waals surface area (Å²) in [5.41, 5.74) is 8.93. The molecule has 26 heavy (non-hydrogen) atoms. The maximum Gasteiger partial charge on any atom is 0.242 e. The van der Waals surface area contributed by atoms with Crippen LogP contribution in [0.5, 0.6) is 0 Å². The van der Waals surface area contributed by atoms with E-state index in [1.807, 2.05) is 29.2 Å². The van der Waals surface area contributed by atoms with E-state index in [4.69, 9.17) is 17.3 Å². The van der Waals surface area contributed by atoms with Crippen molar-refractivity contribution in [3.8, 4) is 6.07 Å². The highest BCUT2D eigenvalue weighted by atomic mass is 35.5. The fourth-order valence-corrected chi connectivity index (χ4v) is 3.50. The van der Waals surface area contributed by atoms with Gasteiger partial charge in [0.1, 0.15) is 18.3 Å². The Hall–Kier alpha value is -2.45. The average Bonchev–Trinajstić information content (AvgIpc) is 2.92. The molecule has 0 aliphatic carbocycles. The molecule has 0 spiro atoms. The van der Waals surface area contributed by atoms with Gasteiger partial charge in [-0.15, -0.1) is 0 Å². The van der Waals surface area contributed by atoms with Crippen LogP contribution < -0.4 is 5.73 Å². The van der Waals surface area contributed by atoms with Crippen LogP contribution in [0.15, 0.2) is 30.3 Å². The topological polar surface area (TPSA) is 75.0 Å². The molecule has 2 aromatic rings. The highest BCUT2D eigenvalue weighted by Crippen LogP contribution is 2.24. The summed E-state index contributed by atoms with van der Waals surface area (Å²) in [5, 5.41) is 10.1. The second-order valence-corrected chi connectivity index (χ2v) is 7.43. The molecule has 1 saturated heterocycles. The number of nitrogens with two attached hydrogens (primary N) is 1. The number of hydrogen-bond acceptors (Lipinski definition) is 3. The number of likely N-dealkylation sites (tertiary alicyclic amines) is 1. The first-order chi connectivity index (χ1) is 12.5. The highest BCUT2D eigenvalue weighted by Gasteiger charge is 2.23. The summed E-state index contributed by atoms with van der Waals surface area (Å²) in [6.07, 6.45) is 2.61. The Labute approximate surface area is 159 Å². The van der Waals surface area contributed by atoms with Gasteiger partial charge in [0.25, 0.3) is 0 Å². The van der Waals surface area contributed by atoms with Gasteiger partial charge in [-0.2, -0.15) is 5.26 Å². The molecule has 1 fully saturated rings. The Kier molecular flexibility index (Phi) is 5.53. The number of nitrogen functional groups attached to an aromatic ring is 1. The highest BCUT2D eigenvalue weighted by molar-refractivity contribution is 6.30. The fraction of sp³-hybridized carbons (Fsp3) is 0.400. The number of piperidine rings is 1. The third kappa shape index (κ3) is 4.03. The summed E-state index contributed by atoms with van der Waals surface area (Å²) in [4.78, 5) is 14.6. The predicted octanol–water partition coefficient (Wildman–Crippen LogP) is 3.44. The molecule has 5 nitrogen and oxygen atoms in total. The van der Waals surface area contributed by atoms with Crippen LogP contribution in [0, 0.1) is 17.2 Å². The lowest BCUT2D eigenvalue weighted by Gasteiger charge is -2.30.